The number of carbonyl (C=O) groups excluding carboxylic acids is 1. The maximum atomic E-state index is 12.8. The molecule has 0 aliphatic carbocycles. The van der Waals surface area contributed by atoms with E-state index in [1.807, 2.05) is 36.1 Å². The Morgan fingerprint density at radius 3 is 2.85 bits per heavy atom. The quantitative estimate of drug-likeness (QED) is 0.780. The number of benzene rings is 1. The molecule has 1 atom stereocenters. The van der Waals surface area contributed by atoms with E-state index in [-0.39, 0.29) is 23.9 Å². The first kappa shape index (κ1) is 16.5. The minimum absolute atomic E-state index is 0.0276. The van der Waals surface area contributed by atoms with Crippen LogP contribution >= 0.6 is 0 Å². The summed E-state index contributed by atoms with van der Waals surface area (Å²) >= 11 is 0. The molecule has 1 fully saturated rings. The second kappa shape index (κ2) is 6.74. The zero-order chi connectivity index (χ0) is 18.1. The maximum absolute atomic E-state index is 12.8. The van der Waals surface area contributed by atoms with Crippen molar-refractivity contribution in [1.29, 1.82) is 0 Å². The summed E-state index contributed by atoms with van der Waals surface area (Å²) in [6.07, 6.45) is 3.70. The van der Waals surface area contributed by atoms with Crippen molar-refractivity contribution in [2.45, 2.75) is 32.2 Å². The summed E-state index contributed by atoms with van der Waals surface area (Å²) in [7, 11) is 0. The number of amides is 1. The van der Waals surface area contributed by atoms with Crippen molar-refractivity contribution in [2.24, 2.45) is 0 Å². The minimum atomic E-state index is -0.221. The van der Waals surface area contributed by atoms with Crippen molar-refractivity contribution < 1.29 is 4.79 Å². The van der Waals surface area contributed by atoms with E-state index < -0.39 is 0 Å². The summed E-state index contributed by atoms with van der Waals surface area (Å²) in [6.45, 7) is 3.19. The lowest BCUT2D eigenvalue weighted by molar-refractivity contribution is -0.133. The lowest BCUT2D eigenvalue weighted by Gasteiger charge is -2.32. The first-order valence-corrected chi connectivity index (χ1v) is 8.87. The van der Waals surface area contributed by atoms with E-state index in [1.54, 1.807) is 12.3 Å². The predicted molar refractivity (Wildman–Crippen MR) is 97.9 cm³/mol. The normalized spacial score (nSPS) is 17.6. The monoisotopic (exact) mass is 351 g/mol. The molecule has 1 aromatic carbocycles. The summed E-state index contributed by atoms with van der Waals surface area (Å²) in [4.78, 5) is 27.3. The molecule has 0 spiro atoms. The van der Waals surface area contributed by atoms with Crippen LogP contribution in [-0.2, 0) is 11.3 Å². The number of rotatable bonds is 3. The molecule has 0 bridgehead atoms. The van der Waals surface area contributed by atoms with Gasteiger partial charge in [0, 0.05) is 36.3 Å². The van der Waals surface area contributed by atoms with Crippen molar-refractivity contribution in [1.82, 2.24) is 24.9 Å². The van der Waals surface area contributed by atoms with E-state index >= 15 is 0 Å². The fourth-order valence-corrected chi connectivity index (χ4v) is 3.69. The zero-order valence-corrected chi connectivity index (χ0v) is 14.7. The van der Waals surface area contributed by atoms with Gasteiger partial charge in [0.25, 0.3) is 5.56 Å². The van der Waals surface area contributed by atoms with Gasteiger partial charge in [-0.2, -0.15) is 10.2 Å². The first-order chi connectivity index (χ1) is 12.6. The highest BCUT2D eigenvalue weighted by Gasteiger charge is 2.26. The fraction of sp³-hybridized carbons (Fsp3) is 0.368. The number of hydrogen-bond acceptors (Lipinski definition) is 4. The number of hydrogen-bond donors (Lipinski definition) is 1. The van der Waals surface area contributed by atoms with E-state index in [1.165, 1.54) is 4.68 Å². The van der Waals surface area contributed by atoms with Crippen LogP contribution in [0.4, 0.5) is 0 Å². The highest BCUT2D eigenvalue weighted by molar-refractivity contribution is 5.83. The Hall–Kier alpha value is -2.96. The Labute approximate surface area is 150 Å². The molecular formula is C19H21N5O2. The molecule has 7 nitrogen and oxygen atoms in total. The topological polar surface area (TPSA) is 83.9 Å². The number of likely N-dealkylation sites (tertiary alicyclic amines) is 1. The maximum Gasteiger partial charge on any atom is 0.275 e. The van der Waals surface area contributed by atoms with Crippen molar-refractivity contribution in [3.05, 3.63) is 58.3 Å². The number of H-pyrrole nitrogens is 1. The van der Waals surface area contributed by atoms with Crippen LogP contribution in [0, 0.1) is 6.92 Å². The zero-order valence-electron chi connectivity index (χ0n) is 14.7. The number of fused-ring (bicyclic) bond motifs is 1. The molecule has 134 valence electrons. The van der Waals surface area contributed by atoms with Gasteiger partial charge in [0.05, 0.1) is 11.1 Å². The lowest BCUT2D eigenvalue weighted by Crippen LogP contribution is -2.42. The third-order valence-corrected chi connectivity index (χ3v) is 5.07. The highest BCUT2D eigenvalue weighted by atomic mass is 16.2. The molecule has 1 aliphatic rings. The van der Waals surface area contributed by atoms with Gasteiger partial charge >= 0.3 is 0 Å². The molecule has 3 aromatic rings. The largest absolute Gasteiger partial charge is 0.340 e. The molecule has 4 rings (SSSR count). The van der Waals surface area contributed by atoms with Gasteiger partial charge in [-0.25, -0.2) is 4.68 Å². The second-order valence-electron chi connectivity index (χ2n) is 6.78. The van der Waals surface area contributed by atoms with Crippen LogP contribution in [0.2, 0.25) is 0 Å². The number of nitrogens with zero attached hydrogens (tertiary/aromatic N) is 4. The van der Waals surface area contributed by atoms with Crippen molar-refractivity contribution in [3.63, 3.8) is 0 Å². The number of aromatic nitrogens is 4. The van der Waals surface area contributed by atoms with Crippen LogP contribution in [0.1, 0.15) is 30.1 Å². The van der Waals surface area contributed by atoms with Crippen LogP contribution in [0.5, 0.6) is 0 Å². The molecule has 3 heterocycles. The van der Waals surface area contributed by atoms with Crippen LogP contribution in [0.25, 0.3) is 10.8 Å². The average molecular weight is 351 g/mol. The molecule has 0 unspecified atom stereocenters. The lowest BCUT2D eigenvalue weighted by atomic mass is 9.95. The van der Waals surface area contributed by atoms with E-state index in [0.717, 1.165) is 29.6 Å². The smallest absolute Gasteiger partial charge is 0.275 e. The molecular weight excluding hydrogens is 330 g/mol. The number of carbonyl (C=O) groups is 1. The number of nitrogens with one attached hydrogen (secondary N) is 1. The van der Waals surface area contributed by atoms with Gasteiger partial charge in [-0.15, -0.1) is 0 Å². The summed E-state index contributed by atoms with van der Waals surface area (Å²) in [6, 6.07) is 9.33. The summed E-state index contributed by atoms with van der Waals surface area (Å²) in [5.41, 5.74) is 1.59. The number of aryl methyl sites for hydroxylation is 1. The van der Waals surface area contributed by atoms with Gasteiger partial charge in [0.1, 0.15) is 6.54 Å². The first-order valence-electron chi connectivity index (χ1n) is 8.87. The van der Waals surface area contributed by atoms with Crippen LogP contribution in [-0.4, -0.2) is 43.9 Å². The van der Waals surface area contributed by atoms with Crippen molar-refractivity contribution >= 4 is 16.7 Å². The van der Waals surface area contributed by atoms with Gasteiger partial charge in [-0.3, -0.25) is 14.7 Å². The Balaban J connectivity index is 1.56. The van der Waals surface area contributed by atoms with E-state index in [9.17, 15) is 9.59 Å². The van der Waals surface area contributed by atoms with E-state index in [0.29, 0.717) is 18.5 Å². The van der Waals surface area contributed by atoms with Crippen molar-refractivity contribution in [3.8, 4) is 0 Å². The average Bonchev–Trinajstić information content (AvgIpc) is 3.21. The van der Waals surface area contributed by atoms with Crippen LogP contribution in [0.15, 0.2) is 41.3 Å². The molecule has 0 saturated carbocycles. The molecule has 1 N–H and O–H groups in total. The molecule has 1 aliphatic heterocycles. The third-order valence-electron chi connectivity index (χ3n) is 5.07. The van der Waals surface area contributed by atoms with Crippen molar-refractivity contribution in [2.75, 3.05) is 13.1 Å². The van der Waals surface area contributed by atoms with E-state index in [4.69, 9.17) is 0 Å². The Kier molecular flexibility index (Phi) is 4.28. The third kappa shape index (κ3) is 3.00. The SMILES string of the molecule is Cc1nn(CC(=O)N2CCC[C@@H](c3ccn[nH]3)C2)c(=O)c2ccccc12. The molecule has 1 amide bonds. The fourth-order valence-electron chi connectivity index (χ4n) is 3.69. The Bertz CT molecular complexity index is 993. The van der Waals surface area contributed by atoms with Gasteiger partial charge in [-0.1, -0.05) is 18.2 Å². The molecule has 7 heteroatoms. The van der Waals surface area contributed by atoms with Crippen LogP contribution in [0.3, 0.4) is 0 Å². The molecule has 2 aromatic heterocycles. The van der Waals surface area contributed by atoms with Gasteiger partial charge in [0.15, 0.2) is 0 Å². The molecule has 1 saturated heterocycles. The van der Waals surface area contributed by atoms with E-state index in [2.05, 4.69) is 15.3 Å². The number of aromatic amines is 1. The van der Waals surface area contributed by atoms with Gasteiger partial charge in [0.2, 0.25) is 5.91 Å². The van der Waals surface area contributed by atoms with Gasteiger partial charge < -0.3 is 4.90 Å². The standard InChI is InChI=1S/C19H21N5O2/c1-13-15-6-2-3-7-16(15)19(26)24(22-13)12-18(25)23-10-4-5-14(11-23)17-8-9-20-21-17/h2-3,6-9,14H,4-5,10-12H2,1H3,(H,20,21)/t14-/m1/s1. The minimum Gasteiger partial charge on any atom is -0.340 e. The van der Waals surface area contributed by atoms with Gasteiger partial charge in [-0.05, 0) is 31.9 Å². The Morgan fingerprint density at radius 1 is 1.27 bits per heavy atom. The second-order valence-corrected chi connectivity index (χ2v) is 6.78. The van der Waals surface area contributed by atoms with Crippen LogP contribution < -0.4 is 5.56 Å². The molecule has 0 radical (unpaired) electrons. The predicted octanol–water partition coefficient (Wildman–Crippen LogP) is 1.83. The highest BCUT2D eigenvalue weighted by Crippen LogP contribution is 2.25. The number of piperidine rings is 1. The summed E-state index contributed by atoms with van der Waals surface area (Å²) in [5, 5.41) is 12.8. The Morgan fingerprint density at radius 2 is 2.08 bits per heavy atom. The summed E-state index contributed by atoms with van der Waals surface area (Å²) in [5.74, 6) is 0.191. The summed E-state index contributed by atoms with van der Waals surface area (Å²) < 4.78 is 1.29. The molecule has 26 heavy (non-hydrogen) atoms.